The molecular formula is C25H29NO5. The van der Waals surface area contributed by atoms with Gasteiger partial charge in [0.05, 0.1) is 31.4 Å². The SMILES string of the molecule is CCCCCN1C(=O)C(=O)/C(=C(/O)c2cc(C)ccc2OC)C1c1ccc(OC)cc1. The minimum absolute atomic E-state index is 0.0792. The standard InChI is InChI=1S/C25H29NO5/c1-5-6-7-14-26-22(17-9-11-18(30-3)12-10-17)21(24(28)25(26)29)23(27)19-15-16(2)8-13-20(19)31-4/h8-13,15,22,27H,5-7,14H2,1-4H3/b23-21+. The second-order valence-electron chi connectivity index (χ2n) is 7.68. The molecule has 0 aromatic heterocycles. The number of benzene rings is 2. The molecule has 1 unspecified atom stereocenters. The molecule has 3 rings (SSSR count). The monoisotopic (exact) mass is 423 g/mol. The molecule has 1 aliphatic heterocycles. The van der Waals surface area contributed by atoms with Crippen molar-refractivity contribution in [1.82, 2.24) is 4.90 Å². The van der Waals surface area contributed by atoms with Crippen LogP contribution in [0.1, 0.15) is 48.9 Å². The van der Waals surface area contributed by atoms with E-state index in [1.54, 1.807) is 36.3 Å². The summed E-state index contributed by atoms with van der Waals surface area (Å²) in [5.74, 6) is -0.387. The van der Waals surface area contributed by atoms with Gasteiger partial charge >= 0.3 is 0 Å². The van der Waals surface area contributed by atoms with E-state index in [2.05, 4.69) is 6.92 Å². The van der Waals surface area contributed by atoms with Crippen molar-refractivity contribution < 1.29 is 24.2 Å². The summed E-state index contributed by atoms with van der Waals surface area (Å²) >= 11 is 0. The van der Waals surface area contributed by atoms with Crippen LogP contribution in [-0.2, 0) is 9.59 Å². The molecule has 6 nitrogen and oxygen atoms in total. The molecule has 1 atom stereocenters. The Kier molecular flexibility index (Phi) is 7.00. The number of aryl methyl sites for hydroxylation is 1. The van der Waals surface area contributed by atoms with Gasteiger partial charge in [-0.15, -0.1) is 0 Å². The zero-order valence-corrected chi connectivity index (χ0v) is 18.5. The van der Waals surface area contributed by atoms with Gasteiger partial charge in [0.25, 0.3) is 11.7 Å². The molecule has 0 radical (unpaired) electrons. The number of likely N-dealkylation sites (tertiary alicyclic amines) is 1. The van der Waals surface area contributed by atoms with E-state index < -0.39 is 17.7 Å². The second kappa shape index (κ2) is 9.69. The highest BCUT2D eigenvalue weighted by Gasteiger charge is 2.46. The summed E-state index contributed by atoms with van der Waals surface area (Å²) in [4.78, 5) is 27.6. The van der Waals surface area contributed by atoms with Crippen LogP contribution in [0.2, 0.25) is 0 Å². The van der Waals surface area contributed by atoms with Crippen LogP contribution in [0.4, 0.5) is 0 Å². The molecule has 0 bridgehead atoms. The Bertz CT molecular complexity index is 993. The quantitative estimate of drug-likeness (QED) is 0.290. The van der Waals surface area contributed by atoms with Gasteiger partial charge in [0.2, 0.25) is 0 Å². The number of aliphatic hydroxyl groups is 1. The summed E-state index contributed by atoms with van der Waals surface area (Å²) in [7, 11) is 3.08. The number of nitrogens with zero attached hydrogens (tertiary/aromatic N) is 1. The summed E-state index contributed by atoms with van der Waals surface area (Å²) in [6, 6.07) is 11.9. The number of ether oxygens (including phenoxy) is 2. The van der Waals surface area contributed by atoms with E-state index in [9.17, 15) is 14.7 Å². The summed E-state index contributed by atoms with van der Waals surface area (Å²) in [5, 5.41) is 11.2. The lowest BCUT2D eigenvalue weighted by Crippen LogP contribution is -2.30. The Morgan fingerprint density at radius 1 is 1.03 bits per heavy atom. The predicted molar refractivity (Wildman–Crippen MR) is 119 cm³/mol. The zero-order valence-electron chi connectivity index (χ0n) is 18.5. The second-order valence-corrected chi connectivity index (χ2v) is 7.68. The maximum atomic E-state index is 13.1. The largest absolute Gasteiger partial charge is 0.507 e. The molecule has 0 spiro atoms. The number of carbonyl (C=O) groups excluding carboxylic acids is 2. The van der Waals surface area contributed by atoms with Crippen LogP contribution >= 0.6 is 0 Å². The summed E-state index contributed by atoms with van der Waals surface area (Å²) in [5.41, 5.74) is 2.12. The molecule has 1 N–H and O–H groups in total. The lowest BCUT2D eigenvalue weighted by Gasteiger charge is -2.25. The Morgan fingerprint density at radius 2 is 1.74 bits per heavy atom. The smallest absolute Gasteiger partial charge is 0.295 e. The summed E-state index contributed by atoms with van der Waals surface area (Å²) in [6.07, 6.45) is 2.73. The minimum atomic E-state index is -0.682. The van der Waals surface area contributed by atoms with Crippen LogP contribution in [-0.4, -0.2) is 42.5 Å². The number of unbranched alkanes of at least 4 members (excludes halogenated alkanes) is 2. The Morgan fingerprint density at radius 3 is 2.35 bits per heavy atom. The number of aliphatic hydroxyl groups excluding tert-OH is 1. The first-order valence-corrected chi connectivity index (χ1v) is 10.5. The Balaban J connectivity index is 2.17. The lowest BCUT2D eigenvalue weighted by atomic mass is 9.94. The number of hydrogen-bond acceptors (Lipinski definition) is 5. The average Bonchev–Trinajstić information content (AvgIpc) is 3.03. The van der Waals surface area contributed by atoms with Crippen LogP contribution in [0, 0.1) is 6.92 Å². The third-order valence-corrected chi connectivity index (χ3v) is 5.58. The van der Waals surface area contributed by atoms with Crippen LogP contribution in [0.15, 0.2) is 48.0 Å². The van der Waals surface area contributed by atoms with Crippen molar-refractivity contribution >= 4 is 17.4 Å². The van der Waals surface area contributed by atoms with E-state index in [1.165, 1.54) is 7.11 Å². The molecule has 0 aliphatic carbocycles. The summed E-state index contributed by atoms with van der Waals surface area (Å²) < 4.78 is 10.6. The van der Waals surface area contributed by atoms with E-state index in [0.29, 0.717) is 23.6 Å². The normalized spacial score (nSPS) is 17.8. The van der Waals surface area contributed by atoms with Crippen molar-refractivity contribution in [3.63, 3.8) is 0 Å². The fourth-order valence-corrected chi connectivity index (χ4v) is 3.93. The van der Waals surface area contributed by atoms with Gasteiger partial charge in [-0.2, -0.15) is 0 Å². The van der Waals surface area contributed by atoms with Crippen LogP contribution in [0.5, 0.6) is 11.5 Å². The van der Waals surface area contributed by atoms with Crippen LogP contribution < -0.4 is 9.47 Å². The topological polar surface area (TPSA) is 76.1 Å². The summed E-state index contributed by atoms with van der Waals surface area (Å²) in [6.45, 7) is 4.41. The van der Waals surface area contributed by atoms with Gasteiger partial charge < -0.3 is 19.5 Å². The molecule has 0 saturated carbocycles. The number of ketones is 1. The number of amides is 1. The van der Waals surface area contributed by atoms with Crippen molar-refractivity contribution in [2.45, 2.75) is 39.2 Å². The highest BCUT2D eigenvalue weighted by molar-refractivity contribution is 6.46. The molecule has 1 fully saturated rings. The molecule has 1 heterocycles. The fraction of sp³-hybridized carbons (Fsp3) is 0.360. The van der Waals surface area contributed by atoms with E-state index in [4.69, 9.17) is 9.47 Å². The van der Waals surface area contributed by atoms with Gasteiger partial charge in [0.15, 0.2) is 0 Å². The van der Waals surface area contributed by atoms with Crippen molar-refractivity contribution in [2.24, 2.45) is 0 Å². The molecule has 2 aromatic carbocycles. The average molecular weight is 424 g/mol. The number of methoxy groups -OCH3 is 2. The highest BCUT2D eigenvalue weighted by Crippen LogP contribution is 2.41. The Labute approximate surface area is 183 Å². The third-order valence-electron chi connectivity index (χ3n) is 5.58. The molecule has 1 aliphatic rings. The van der Waals surface area contributed by atoms with Gasteiger partial charge in [0.1, 0.15) is 17.3 Å². The van der Waals surface area contributed by atoms with Gasteiger partial charge in [-0.3, -0.25) is 9.59 Å². The minimum Gasteiger partial charge on any atom is -0.507 e. The molecule has 2 aromatic rings. The molecular weight excluding hydrogens is 394 g/mol. The van der Waals surface area contributed by atoms with Gasteiger partial charge in [-0.05, 0) is 43.2 Å². The van der Waals surface area contributed by atoms with Crippen molar-refractivity contribution in [2.75, 3.05) is 20.8 Å². The first-order valence-electron chi connectivity index (χ1n) is 10.5. The number of Topliss-reactive ketones (excluding diaryl/α,β-unsaturated/α-hetero) is 1. The predicted octanol–water partition coefficient (Wildman–Crippen LogP) is 4.62. The van der Waals surface area contributed by atoms with E-state index in [0.717, 1.165) is 30.4 Å². The molecule has 1 saturated heterocycles. The van der Waals surface area contributed by atoms with Crippen LogP contribution in [0.25, 0.3) is 5.76 Å². The van der Waals surface area contributed by atoms with Crippen LogP contribution in [0.3, 0.4) is 0 Å². The van der Waals surface area contributed by atoms with E-state index >= 15 is 0 Å². The van der Waals surface area contributed by atoms with E-state index in [1.807, 2.05) is 25.1 Å². The zero-order chi connectivity index (χ0) is 22.5. The van der Waals surface area contributed by atoms with Crippen molar-refractivity contribution in [1.29, 1.82) is 0 Å². The third kappa shape index (κ3) is 4.43. The van der Waals surface area contributed by atoms with Gasteiger partial charge in [0, 0.05) is 6.54 Å². The van der Waals surface area contributed by atoms with Crippen molar-refractivity contribution in [3.05, 3.63) is 64.7 Å². The molecule has 1 amide bonds. The maximum absolute atomic E-state index is 13.1. The molecule has 6 heteroatoms. The number of carbonyl (C=O) groups is 2. The lowest BCUT2D eigenvalue weighted by molar-refractivity contribution is -0.139. The molecule has 164 valence electrons. The Hall–Kier alpha value is -3.28. The van der Waals surface area contributed by atoms with Crippen molar-refractivity contribution in [3.8, 4) is 11.5 Å². The first kappa shape index (κ1) is 22.4. The number of rotatable bonds is 8. The van der Waals surface area contributed by atoms with Gasteiger partial charge in [-0.1, -0.05) is 43.5 Å². The first-order chi connectivity index (χ1) is 14.9. The maximum Gasteiger partial charge on any atom is 0.295 e. The highest BCUT2D eigenvalue weighted by atomic mass is 16.5. The van der Waals surface area contributed by atoms with E-state index in [-0.39, 0.29) is 11.3 Å². The molecule has 31 heavy (non-hydrogen) atoms. The van der Waals surface area contributed by atoms with Gasteiger partial charge in [-0.25, -0.2) is 0 Å². The fourth-order valence-electron chi connectivity index (χ4n) is 3.93. The number of hydrogen-bond donors (Lipinski definition) is 1.